The molecule has 1 aliphatic rings. The van der Waals surface area contributed by atoms with E-state index >= 15 is 0 Å². The van der Waals surface area contributed by atoms with Gasteiger partial charge in [-0.1, -0.05) is 29.8 Å². The highest BCUT2D eigenvalue weighted by atomic mass is 35.5. The van der Waals surface area contributed by atoms with Crippen LogP contribution in [-0.2, 0) is 14.3 Å². The van der Waals surface area contributed by atoms with Crippen molar-refractivity contribution in [3.8, 4) is 5.75 Å². The first-order chi connectivity index (χ1) is 12.9. The minimum atomic E-state index is -0.582. The lowest BCUT2D eigenvalue weighted by Crippen LogP contribution is -2.24. The Hall–Kier alpha value is -3.05. The molecular formula is C21H18ClNO4. The van der Waals surface area contributed by atoms with Crippen molar-refractivity contribution < 1.29 is 19.4 Å². The third-order valence-electron chi connectivity index (χ3n) is 4.20. The van der Waals surface area contributed by atoms with Crippen molar-refractivity contribution in [2.75, 3.05) is 11.5 Å². The maximum Gasteiger partial charge on any atom is 0.340 e. The van der Waals surface area contributed by atoms with Gasteiger partial charge in [0.05, 0.1) is 17.8 Å². The number of hydrogen-bond acceptors (Lipinski definition) is 4. The summed E-state index contributed by atoms with van der Waals surface area (Å²) in [5, 5.41) is 10.6. The van der Waals surface area contributed by atoms with Gasteiger partial charge in [-0.3, -0.25) is 9.69 Å². The minimum absolute atomic E-state index is 0.0172. The molecule has 0 saturated carbocycles. The van der Waals surface area contributed by atoms with E-state index in [1.807, 2.05) is 0 Å². The van der Waals surface area contributed by atoms with Crippen LogP contribution in [0.15, 0.2) is 65.4 Å². The summed E-state index contributed by atoms with van der Waals surface area (Å²) in [4.78, 5) is 27.1. The molecular weight excluding hydrogens is 366 g/mol. The van der Waals surface area contributed by atoms with Crippen molar-refractivity contribution in [1.82, 2.24) is 0 Å². The molecule has 0 fully saturated rings. The summed E-state index contributed by atoms with van der Waals surface area (Å²) in [6.45, 7) is 3.58. The summed E-state index contributed by atoms with van der Waals surface area (Å²) in [6, 6.07) is 13.4. The summed E-state index contributed by atoms with van der Waals surface area (Å²) in [6.07, 6.45) is 1.50. The van der Waals surface area contributed by atoms with Gasteiger partial charge in [0.25, 0.3) is 5.91 Å². The Labute approximate surface area is 162 Å². The number of halogens is 1. The zero-order valence-electron chi connectivity index (χ0n) is 14.9. The van der Waals surface area contributed by atoms with Crippen molar-refractivity contribution in [3.63, 3.8) is 0 Å². The normalized spacial score (nSPS) is 15.6. The molecule has 0 radical (unpaired) electrons. The highest BCUT2D eigenvalue weighted by Crippen LogP contribution is 2.36. The highest BCUT2D eigenvalue weighted by Gasteiger charge is 2.38. The van der Waals surface area contributed by atoms with E-state index in [9.17, 15) is 14.7 Å². The topological polar surface area (TPSA) is 66.8 Å². The summed E-state index contributed by atoms with van der Waals surface area (Å²) in [5.74, 6) is -0.939. The summed E-state index contributed by atoms with van der Waals surface area (Å²) >= 11 is 5.94. The Bertz CT molecular complexity index is 960. The Morgan fingerprint density at radius 1 is 1.19 bits per heavy atom. The number of benzene rings is 2. The van der Waals surface area contributed by atoms with Crippen molar-refractivity contribution in [1.29, 1.82) is 0 Å². The number of anilines is 1. The van der Waals surface area contributed by atoms with Gasteiger partial charge in [0.15, 0.2) is 0 Å². The molecule has 1 N–H and O–H groups in total. The number of ether oxygens (including phenoxy) is 1. The van der Waals surface area contributed by atoms with E-state index in [1.54, 1.807) is 56.3 Å². The molecule has 138 valence electrons. The van der Waals surface area contributed by atoms with E-state index in [0.717, 1.165) is 0 Å². The number of phenolic OH excluding ortho intramolecular Hbond substituents is 1. The SMILES string of the molecule is CCOC(=O)C1=C(C)N(c2ccc(Cl)cc2)C(=O)/C1=C\c1ccccc1O. The van der Waals surface area contributed by atoms with E-state index in [0.29, 0.717) is 22.0 Å². The van der Waals surface area contributed by atoms with Gasteiger partial charge >= 0.3 is 5.97 Å². The fourth-order valence-corrected chi connectivity index (χ4v) is 3.07. The second-order valence-corrected chi connectivity index (χ2v) is 6.35. The molecule has 6 heteroatoms. The van der Waals surface area contributed by atoms with Crippen LogP contribution in [0.25, 0.3) is 6.08 Å². The first-order valence-electron chi connectivity index (χ1n) is 8.42. The van der Waals surface area contributed by atoms with Crippen molar-refractivity contribution in [2.45, 2.75) is 13.8 Å². The van der Waals surface area contributed by atoms with Crippen LogP contribution in [0.4, 0.5) is 5.69 Å². The number of rotatable bonds is 4. The molecule has 0 unspecified atom stereocenters. The van der Waals surface area contributed by atoms with Crippen molar-refractivity contribution in [2.24, 2.45) is 0 Å². The van der Waals surface area contributed by atoms with Crippen LogP contribution in [0.2, 0.25) is 5.02 Å². The van der Waals surface area contributed by atoms with E-state index in [1.165, 1.54) is 17.0 Å². The minimum Gasteiger partial charge on any atom is -0.507 e. The Balaban J connectivity index is 2.14. The lowest BCUT2D eigenvalue weighted by atomic mass is 10.0. The number of carbonyl (C=O) groups excluding carboxylic acids is 2. The smallest absolute Gasteiger partial charge is 0.340 e. The molecule has 0 aromatic heterocycles. The molecule has 2 aromatic rings. The number of allylic oxidation sites excluding steroid dienone is 1. The highest BCUT2D eigenvalue weighted by molar-refractivity contribution is 6.30. The molecule has 3 rings (SSSR count). The van der Waals surface area contributed by atoms with Gasteiger partial charge in [-0.15, -0.1) is 0 Å². The predicted molar refractivity (Wildman–Crippen MR) is 104 cm³/mol. The second-order valence-electron chi connectivity index (χ2n) is 5.91. The number of nitrogens with zero attached hydrogens (tertiary/aromatic N) is 1. The number of esters is 1. The number of aromatic hydroxyl groups is 1. The average molecular weight is 384 g/mol. The van der Waals surface area contributed by atoms with Crippen LogP contribution < -0.4 is 4.90 Å². The molecule has 0 atom stereocenters. The predicted octanol–water partition coefficient (Wildman–Crippen LogP) is 4.31. The summed E-state index contributed by atoms with van der Waals surface area (Å²) in [7, 11) is 0. The number of phenols is 1. The van der Waals surface area contributed by atoms with Crippen molar-refractivity contribution >= 4 is 35.2 Å². The van der Waals surface area contributed by atoms with Crippen LogP contribution in [0.1, 0.15) is 19.4 Å². The third-order valence-corrected chi connectivity index (χ3v) is 4.45. The zero-order valence-corrected chi connectivity index (χ0v) is 15.7. The summed E-state index contributed by atoms with van der Waals surface area (Å²) in [5.41, 5.74) is 1.84. The van der Waals surface area contributed by atoms with Crippen LogP contribution in [0.3, 0.4) is 0 Å². The number of para-hydroxylation sites is 1. The van der Waals surface area contributed by atoms with Crippen molar-refractivity contribution in [3.05, 3.63) is 76.0 Å². The summed E-state index contributed by atoms with van der Waals surface area (Å²) < 4.78 is 5.15. The average Bonchev–Trinajstić information content (AvgIpc) is 2.88. The van der Waals surface area contributed by atoms with Gasteiger partial charge in [0.1, 0.15) is 5.75 Å². The lowest BCUT2D eigenvalue weighted by Gasteiger charge is -2.18. The molecule has 0 spiro atoms. The Kier molecular flexibility index (Phi) is 5.33. The van der Waals surface area contributed by atoms with E-state index < -0.39 is 5.97 Å². The fourth-order valence-electron chi connectivity index (χ4n) is 2.95. The molecule has 0 bridgehead atoms. The Morgan fingerprint density at radius 3 is 2.48 bits per heavy atom. The molecule has 1 amide bonds. The first kappa shape index (κ1) is 18.7. The number of carbonyl (C=O) groups is 2. The molecule has 27 heavy (non-hydrogen) atoms. The number of amides is 1. The monoisotopic (exact) mass is 383 g/mol. The molecule has 0 saturated heterocycles. The van der Waals surface area contributed by atoms with E-state index in [4.69, 9.17) is 16.3 Å². The molecule has 1 heterocycles. The van der Waals surface area contributed by atoms with Gasteiger partial charge < -0.3 is 9.84 Å². The zero-order chi connectivity index (χ0) is 19.6. The van der Waals surface area contributed by atoms with Crippen LogP contribution in [0, 0.1) is 0 Å². The largest absolute Gasteiger partial charge is 0.507 e. The molecule has 0 aliphatic carbocycles. The molecule has 1 aliphatic heterocycles. The maximum atomic E-state index is 13.1. The fraction of sp³-hybridized carbons (Fsp3) is 0.143. The van der Waals surface area contributed by atoms with Gasteiger partial charge in [0.2, 0.25) is 0 Å². The second kappa shape index (κ2) is 7.68. The first-order valence-corrected chi connectivity index (χ1v) is 8.80. The van der Waals surface area contributed by atoms with Gasteiger partial charge in [0, 0.05) is 22.0 Å². The van der Waals surface area contributed by atoms with Crippen LogP contribution >= 0.6 is 11.6 Å². The molecule has 5 nitrogen and oxygen atoms in total. The number of hydrogen-bond donors (Lipinski definition) is 1. The standard InChI is InChI=1S/C21H18ClNO4/c1-3-27-21(26)19-13(2)23(16-10-8-15(22)9-11-16)20(25)17(19)12-14-6-4-5-7-18(14)24/h4-12,24H,3H2,1-2H3/b17-12-. The van der Waals surface area contributed by atoms with Gasteiger partial charge in [-0.25, -0.2) is 4.79 Å². The maximum absolute atomic E-state index is 13.1. The van der Waals surface area contributed by atoms with Gasteiger partial charge in [-0.05, 0) is 50.3 Å². The van der Waals surface area contributed by atoms with Crippen LogP contribution in [0.5, 0.6) is 5.75 Å². The quantitative estimate of drug-likeness (QED) is 0.631. The van der Waals surface area contributed by atoms with Crippen LogP contribution in [-0.4, -0.2) is 23.6 Å². The third kappa shape index (κ3) is 3.59. The van der Waals surface area contributed by atoms with E-state index in [-0.39, 0.29) is 29.4 Å². The van der Waals surface area contributed by atoms with E-state index in [2.05, 4.69) is 0 Å². The molecule has 2 aromatic carbocycles. The van der Waals surface area contributed by atoms with Gasteiger partial charge in [-0.2, -0.15) is 0 Å². The lowest BCUT2D eigenvalue weighted by molar-refractivity contribution is -0.138. The Morgan fingerprint density at radius 2 is 1.85 bits per heavy atom.